The maximum atomic E-state index is 12.0. The standard InChI is InChI=1S/C15H16N2O3S/c1-3-4-8-19-15(18)13-6-5-7-16-14(13)21-10-12-9-11(2)20-17-12/h3-7,9H,8,10H2,1-2H3/b4-3+. The Hall–Kier alpha value is -2.08. The molecule has 2 heterocycles. The van der Waals surface area contributed by atoms with E-state index in [9.17, 15) is 4.79 Å². The number of rotatable bonds is 6. The molecule has 110 valence electrons. The largest absolute Gasteiger partial charge is 0.458 e. The molecule has 0 aliphatic rings. The second-order valence-corrected chi connectivity index (χ2v) is 5.21. The topological polar surface area (TPSA) is 65.2 Å². The maximum Gasteiger partial charge on any atom is 0.341 e. The lowest BCUT2D eigenvalue weighted by Gasteiger charge is -2.06. The Labute approximate surface area is 127 Å². The maximum absolute atomic E-state index is 12.0. The summed E-state index contributed by atoms with van der Waals surface area (Å²) >= 11 is 1.43. The zero-order valence-electron chi connectivity index (χ0n) is 11.9. The molecule has 2 aromatic heterocycles. The van der Waals surface area contributed by atoms with Crippen LogP contribution in [0.25, 0.3) is 0 Å². The molecule has 0 radical (unpaired) electrons. The van der Waals surface area contributed by atoms with Gasteiger partial charge in [0.1, 0.15) is 17.4 Å². The number of hydrogen-bond acceptors (Lipinski definition) is 6. The highest BCUT2D eigenvalue weighted by molar-refractivity contribution is 7.98. The first-order valence-electron chi connectivity index (χ1n) is 6.49. The predicted molar refractivity (Wildman–Crippen MR) is 80.1 cm³/mol. The van der Waals surface area contributed by atoms with Crippen molar-refractivity contribution in [3.63, 3.8) is 0 Å². The molecule has 5 nitrogen and oxygen atoms in total. The van der Waals surface area contributed by atoms with Gasteiger partial charge in [0.25, 0.3) is 0 Å². The number of pyridine rings is 1. The molecule has 2 aromatic rings. The minimum absolute atomic E-state index is 0.261. The van der Waals surface area contributed by atoms with Crippen molar-refractivity contribution in [3.8, 4) is 0 Å². The zero-order valence-corrected chi connectivity index (χ0v) is 12.7. The molecule has 0 aliphatic carbocycles. The van der Waals surface area contributed by atoms with E-state index >= 15 is 0 Å². The molecule has 0 spiro atoms. The highest BCUT2D eigenvalue weighted by Gasteiger charge is 2.14. The molecule has 6 heteroatoms. The fourth-order valence-corrected chi connectivity index (χ4v) is 2.45. The first-order chi connectivity index (χ1) is 10.2. The van der Waals surface area contributed by atoms with Crippen molar-refractivity contribution in [1.29, 1.82) is 0 Å². The minimum atomic E-state index is -0.375. The molecule has 0 saturated heterocycles. The fourth-order valence-electron chi connectivity index (χ4n) is 1.59. The van der Waals surface area contributed by atoms with Gasteiger partial charge in [0.05, 0.1) is 11.3 Å². The van der Waals surface area contributed by atoms with E-state index in [1.807, 2.05) is 26.0 Å². The Bertz CT molecular complexity index is 637. The third kappa shape index (κ3) is 4.46. The van der Waals surface area contributed by atoms with Crippen molar-refractivity contribution in [1.82, 2.24) is 10.1 Å². The number of nitrogens with zero attached hydrogens (tertiary/aromatic N) is 2. The van der Waals surface area contributed by atoms with E-state index in [2.05, 4.69) is 10.1 Å². The van der Waals surface area contributed by atoms with E-state index < -0.39 is 0 Å². The lowest BCUT2D eigenvalue weighted by atomic mass is 10.3. The highest BCUT2D eigenvalue weighted by Crippen LogP contribution is 2.24. The second-order valence-electron chi connectivity index (χ2n) is 4.24. The van der Waals surface area contributed by atoms with Gasteiger partial charge in [0.2, 0.25) is 0 Å². The number of hydrogen-bond donors (Lipinski definition) is 0. The first-order valence-corrected chi connectivity index (χ1v) is 7.47. The molecule has 2 rings (SSSR count). The van der Waals surface area contributed by atoms with Crippen LogP contribution in [0, 0.1) is 6.92 Å². The third-order valence-corrected chi connectivity index (χ3v) is 3.61. The molecular formula is C15H16N2O3S. The third-order valence-electron chi connectivity index (χ3n) is 2.57. The van der Waals surface area contributed by atoms with Crippen LogP contribution in [-0.4, -0.2) is 22.7 Å². The van der Waals surface area contributed by atoms with E-state index in [1.54, 1.807) is 24.4 Å². The summed E-state index contributed by atoms with van der Waals surface area (Å²) in [7, 11) is 0. The van der Waals surface area contributed by atoms with Crippen LogP contribution >= 0.6 is 11.8 Å². The normalized spacial score (nSPS) is 11.0. The quantitative estimate of drug-likeness (QED) is 0.463. The summed E-state index contributed by atoms with van der Waals surface area (Å²) in [4.78, 5) is 16.2. The van der Waals surface area contributed by atoms with Gasteiger partial charge in [-0.1, -0.05) is 29.1 Å². The molecule has 0 bridgehead atoms. The lowest BCUT2D eigenvalue weighted by Crippen LogP contribution is -2.07. The van der Waals surface area contributed by atoms with Gasteiger partial charge in [-0.05, 0) is 26.0 Å². The molecular weight excluding hydrogens is 288 g/mol. The summed E-state index contributed by atoms with van der Waals surface area (Å²) in [5, 5.41) is 4.55. The number of carbonyl (C=O) groups is 1. The van der Waals surface area contributed by atoms with E-state index in [1.165, 1.54) is 11.8 Å². The smallest absolute Gasteiger partial charge is 0.341 e. The van der Waals surface area contributed by atoms with E-state index in [0.29, 0.717) is 16.3 Å². The van der Waals surface area contributed by atoms with Gasteiger partial charge in [0, 0.05) is 18.0 Å². The van der Waals surface area contributed by atoms with Gasteiger partial charge in [-0.3, -0.25) is 0 Å². The SMILES string of the molecule is C/C=C/COC(=O)c1cccnc1SCc1cc(C)on1. The summed E-state index contributed by atoms with van der Waals surface area (Å²) in [6.07, 6.45) is 5.26. The molecule has 0 aliphatic heterocycles. The van der Waals surface area contributed by atoms with Crippen molar-refractivity contribution >= 4 is 17.7 Å². The average Bonchev–Trinajstić information content (AvgIpc) is 2.91. The van der Waals surface area contributed by atoms with Crippen molar-refractivity contribution in [2.75, 3.05) is 6.61 Å². The molecule has 0 amide bonds. The number of aromatic nitrogens is 2. The van der Waals surface area contributed by atoms with Gasteiger partial charge in [-0.25, -0.2) is 9.78 Å². The van der Waals surface area contributed by atoms with Crippen molar-refractivity contribution in [2.24, 2.45) is 0 Å². The van der Waals surface area contributed by atoms with Crippen LogP contribution in [0.3, 0.4) is 0 Å². The van der Waals surface area contributed by atoms with Crippen molar-refractivity contribution in [3.05, 3.63) is 53.6 Å². The molecule has 21 heavy (non-hydrogen) atoms. The summed E-state index contributed by atoms with van der Waals surface area (Å²) in [5.41, 5.74) is 1.28. The highest BCUT2D eigenvalue weighted by atomic mass is 32.2. The summed E-state index contributed by atoms with van der Waals surface area (Å²) < 4.78 is 10.2. The Morgan fingerprint density at radius 2 is 2.38 bits per heavy atom. The number of allylic oxidation sites excluding steroid dienone is 1. The minimum Gasteiger partial charge on any atom is -0.458 e. The van der Waals surface area contributed by atoms with Gasteiger partial charge < -0.3 is 9.26 Å². The molecule has 0 saturated carbocycles. The van der Waals surface area contributed by atoms with Gasteiger partial charge in [0.15, 0.2) is 0 Å². The van der Waals surface area contributed by atoms with Crippen molar-refractivity contribution < 1.29 is 14.1 Å². The summed E-state index contributed by atoms with van der Waals surface area (Å²) in [5.74, 6) is 0.974. The molecule has 0 fully saturated rings. The van der Waals surface area contributed by atoms with E-state index in [0.717, 1.165) is 11.5 Å². The predicted octanol–water partition coefficient (Wildman–Crippen LogP) is 3.40. The summed E-state index contributed by atoms with van der Waals surface area (Å²) in [6.45, 7) is 3.97. The van der Waals surface area contributed by atoms with E-state index in [-0.39, 0.29) is 12.6 Å². The fraction of sp³-hybridized carbons (Fsp3) is 0.267. The number of esters is 1. The number of aryl methyl sites for hydroxylation is 1. The van der Waals surface area contributed by atoms with Crippen LogP contribution < -0.4 is 0 Å². The second kappa shape index (κ2) is 7.64. The molecule has 0 aromatic carbocycles. The van der Waals surface area contributed by atoms with Crippen LogP contribution in [0.2, 0.25) is 0 Å². The molecule has 0 unspecified atom stereocenters. The number of thioether (sulfide) groups is 1. The molecule has 0 atom stereocenters. The van der Waals surface area contributed by atoms with Crippen LogP contribution in [0.1, 0.15) is 28.7 Å². The average molecular weight is 304 g/mol. The molecule has 0 N–H and O–H groups in total. The van der Waals surface area contributed by atoms with Crippen LogP contribution in [0.5, 0.6) is 0 Å². The number of ether oxygens (including phenoxy) is 1. The summed E-state index contributed by atoms with van der Waals surface area (Å²) in [6, 6.07) is 5.29. The lowest BCUT2D eigenvalue weighted by molar-refractivity contribution is 0.0544. The first kappa shape index (κ1) is 15.3. The Morgan fingerprint density at radius 3 is 3.10 bits per heavy atom. The van der Waals surface area contributed by atoms with Crippen LogP contribution in [0.15, 0.2) is 46.1 Å². The van der Waals surface area contributed by atoms with Crippen LogP contribution in [-0.2, 0) is 10.5 Å². The van der Waals surface area contributed by atoms with Crippen molar-refractivity contribution in [2.45, 2.75) is 24.6 Å². The Morgan fingerprint density at radius 1 is 1.52 bits per heavy atom. The van der Waals surface area contributed by atoms with Gasteiger partial charge in [-0.2, -0.15) is 0 Å². The number of carbonyl (C=O) groups excluding carboxylic acids is 1. The zero-order chi connectivity index (χ0) is 15.1. The van der Waals surface area contributed by atoms with Gasteiger partial charge >= 0.3 is 5.97 Å². The van der Waals surface area contributed by atoms with Gasteiger partial charge in [-0.15, -0.1) is 0 Å². The monoisotopic (exact) mass is 304 g/mol. The Kier molecular flexibility index (Phi) is 5.57. The van der Waals surface area contributed by atoms with Crippen LogP contribution in [0.4, 0.5) is 0 Å². The Balaban J connectivity index is 2.04. The van der Waals surface area contributed by atoms with E-state index in [4.69, 9.17) is 9.26 Å².